The van der Waals surface area contributed by atoms with Crippen LogP contribution in [0.25, 0.3) is 0 Å². The van der Waals surface area contributed by atoms with Gasteiger partial charge in [0.05, 0.1) is 13.7 Å². The first-order chi connectivity index (χ1) is 9.71. The lowest BCUT2D eigenvalue weighted by Crippen LogP contribution is -2.39. The lowest BCUT2D eigenvalue weighted by Gasteiger charge is -2.16. The van der Waals surface area contributed by atoms with Crippen LogP contribution in [-0.4, -0.2) is 32.3 Å². The van der Waals surface area contributed by atoms with Gasteiger partial charge in [-0.1, -0.05) is 26.0 Å². The van der Waals surface area contributed by atoms with Crippen molar-refractivity contribution in [2.75, 3.05) is 20.3 Å². The summed E-state index contributed by atoms with van der Waals surface area (Å²) in [4.78, 5) is 11.6. The maximum absolute atomic E-state index is 11.6. The molecule has 0 fully saturated rings. The van der Waals surface area contributed by atoms with Crippen LogP contribution in [-0.2, 0) is 16.0 Å². The molecule has 1 N–H and O–H groups in total. The Balaban J connectivity index is 2.40. The van der Waals surface area contributed by atoms with Crippen LogP contribution in [0, 0.1) is 0 Å². The molecule has 0 heterocycles. The first-order valence-corrected chi connectivity index (χ1v) is 7.24. The lowest BCUT2D eigenvalue weighted by molar-refractivity contribution is -0.143. The number of ether oxygens (including phenoxy) is 2. The lowest BCUT2D eigenvalue weighted by atomic mass is 10.2. The van der Waals surface area contributed by atoms with Crippen LogP contribution < -0.4 is 10.1 Å². The van der Waals surface area contributed by atoms with E-state index in [1.807, 2.05) is 12.1 Å². The highest BCUT2D eigenvalue weighted by atomic mass is 16.5. The maximum atomic E-state index is 11.6. The molecule has 1 rings (SSSR count). The molecule has 1 atom stereocenters. The Bertz CT molecular complexity index is 389. The zero-order chi connectivity index (χ0) is 14.8. The van der Waals surface area contributed by atoms with Gasteiger partial charge in [0.25, 0.3) is 0 Å². The van der Waals surface area contributed by atoms with Crippen molar-refractivity contribution in [3.05, 3.63) is 29.8 Å². The van der Waals surface area contributed by atoms with Gasteiger partial charge in [0, 0.05) is 6.42 Å². The van der Waals surface area contributed by atoms with E-state index in [-0.39, 0.29) is 12.0 Å². The van der Waals surface area contributed by atoms with Crippen molar-refractivity contribution in [1.82, 2.24) is 5.32 Å². The standard InChI is InChI=1S/C16H25NO3/c1-4-11-17-15(16(18)19-3)10-12-20-14-8-6-13(5-2)7-9-14/h6-9,15,17H,4-5,10-12H2,1-3H3. The zero-order valence-electron chi connectivity index (χ0n) is 12.6. The summed E-state index contributed by atoms with van der Waals surface area (Å²) in [7, 11) is 1.41. The topological polar surface area (TPSA) is 47.6 Å². The fourth-order valence-corrected chi connectivity index (χ4v) is 1.88. The van der Waals surface area contributed by atoms with Gasteiger partial charge in [0.2, 0.25) is 0 Å². The second kappa shape index (κ2) is 9.37. The van der Waals surface area contributed by atoms with Crippen molar-refractivity contribution in [3.63, 3.8) is 0 Å². The van der Waals surface area contributed by atoms with E-state index < -0.39 is 0 Å². The minimum Gasteiger partial charge on any atom is -0.494 e. The van der Waals surface area contributed by atoms with Gasteiger partial charge < -0.3 is 14.8 Å². The van der Waals surface area contributed by atoms with E-state index in [0.717, 1.165) is 25.1 Å². The van der Waals surface area contributed by atoms with E-state index in [2.05, 4.69) is 31.3 Å². The van der Waals surface area contributed by atoms with Gasteiger partial charge in [0.15, 0.2) is 0 Å². The largest absolute Gasteiger partial charge is 0.494 e. The highest BCUT2D eigenvalue weighted by molar-refractivity contribution is 5.75. The van der Waals surface area contributed by atoms with E-state index in [4.69, 9.17) is 9.47 Å². The smallest absolute Gasteiger partial charge is 0.322 e. The fraction of sp³-hybridized carbons (Fsp3) is 0.562. The molecule has 0 aliphatic heterocycles. The van der Waals surface area contributed by atoms with Crippen molar-refractivity contribution >= 4 is 5.97 Å². The number of carbonyl (C=O) groups excluding carboxylic acids is 1. The summed E-state index contributed by atoms with van der Waals surface area (Å²) in [5.74, 6) is 0.602. The number of carbonyl (C=O) groups is 1. The van der Waals surface area contributed by atoms with Crippen molar-refractivity contribution in [2.45, 2.75) is 39.2 Å². The van der Waals surface area contributed by atoms with Gasteiger partial charge in [-0.2, -0.15) is 0 Å². The van der Waals surface area contributed by atoms with E-state index in [9.17, 15) is 4.79 Å². The summed E-state index contributed by atoms with van der Waals surface area (Å²) in [6.07, 6.45) is 2.60. The molecule has 1 unspecified atom stereocenters. The van der Waals surface area contributed by atoms with E-state index in [0.29, 0.717) is 13.0 Å². The van der Waals surface area contributed by atoms with Gasteiger partial charge in [-0.15, -0.1) is 0 Å². The number of hydrogen-bond donors (Lipinski definition) is 1. The van der Waals surface area contributed by atoms with Crippen molar-refractivity contribution in [2.24, 2.45) is 0 Å². The Labute approximate surface area is 121 Å². The number of esters is 1. The Morgan fingerprint density at radius 2 is 1.95 bits per heavy atom. The average Bonchev–Trinajstić information content (AvgIpc) is 2.50. The molecule has 1 aromatic rings. The van der Waals surface area contributed by atoms with Crippen molar-refractivity contribution < 1.29 is 14.3 Å². The van der Waals surface area contributed by atoms with Gasteiger partial charge >= 0.3 is 5.97 Å². The molecule has 0 saturated carbocycles. The van der Waals surface area contributed by atoms with Gasteiger partial charge in [-0.25, -0.2) is 0 Å². The predicted molar refractivity (Wildman–Crippen MR) is 80.0 cm³/mol. The minimum absolute atomic E-state index is 0.233. The number of methoxy groups -OCH3 is 1. The van der Waals surface area contributed by atoms with Gasteiger partial charge in [0.1, 0.15) is 11.8 Å². The molecule has 0 spiro atoms. The molecule has 0 aromatic heterocycles. The molecule has 0 aliphatic carbocycles. The van der Waals surface area contributed by atoms with Crippen LogP contribution in [0.4, 0.5) is 0 Å². The second-order valence-electron chi connectivity index (χ2n) is 4.66. The normalized spacial score (nSPS) is 11.9. The predicted octanol–water partition coefficient (Wildman–Crippen LogP) is 2.56. The monoisotopic (exact) mass is 279 g/mol. The Morgan fingerprint density at radius 3 is 2.50 bits per heavy atom. The van der Waals surface area contributed by atoms with Crippen LogP contribution in [0.3, 0.4) is 0 Å². The number of rotatable bonds is 9. The Kier molecular flexibility index (Phi) is 7.73. The molecule has 0 saturated heterocycles. The highest BCUT2D eigenvalue weighted by Gasteiger charge is 2.17. The van der Waals surface area contributed by atoms with E-state index in [1.165, 1.54) is 12.7 Å². The molecule has 0 aliphatic rings. The molecule has 4 heteroatoms. The van der Waals surface area contributed by atoms with Crippen molar-refractivity contribution in [3.8, 4) is 5.75 Å². The van der Waals surface area contributed by atoms with Crippen LogP contribution in [0.15, 0.2) is 24.3 Å². The Hall–Kier alpha value is -1.55. The molecule has 0 bridgehead atoms. The summed E-state index contributed by atoms with van der Waals surface area (Å²) in [5, 5.41) is 3.17. The number of hydrogen-bond acceptors (Lipinski definition) is 4. The summed E-state index contributed by atoms with van der Waals surface area (Å²) >= 11 is 0. The molecule has 4 nitrogen and oxygen atoms in total. The summed E-state index contributed by atoms with van der Waals surface area (Å²) in [6.45, 7) is 5.47. The minimum atomic E-state index is -0.296. The summed E-state index contributed by atoms with van der Waals surface area (Å²) in [5.41, 5.74) is 1.29. The molecule has 0 amide bonds. The number of nitrogens with one attached hydrogen (secondary N) is 1. The zero-order valence-corrected chi connectivity index (χ0v) is 12.6. The Morgan fingerprint density at radius 1 is 1.25 bits per heavy atom. The van der Waals surface area contributed by atoms with Gasteiger partial charge in [-0.05, 0) is 37.1 Å². The number of aryl methyl sites for hydroxylation is 1. The summed E-state index contributed by atoms with van der Waals surface area (Å²) in [6, 6.07) is 7.75. The third kappa shape index (κ3) is 5.61. The van der Waals surface area contributed by atoms with Crippen LogP contribution in [0.1, 0.15) is 32.3 Å². The molecular weight excluding hydrogens is 254 g/mol. The first-order valence-electron chi connectivity index (χ1n) is 7.24. The maximum Gasteiger partial charge on any atom is 0.322 e. The van der Waals surface area contributed by atoms with Crippen molar-refractivity contribution in [1.29, 1.82) is 0 Å². The SMILES string of the molecule is CCCNC(CCOc1ccc(CC)cc1)C(=O)OC. The summed E-state index contributed by atoms with van der Waals surface area (Å²) < 4.78 is 10.4. The first kappa shape index (κ1) is 16.5. The van der Waals surface area contributed by atoms with Crippen LogP contribution >= 0.6 is 0 Å². The fourth-order valence-electron chi connectivity index (χ4n) is 1.88. The van der Waals surface area contributed by atoms with Crippen LogP contribution in [0.2, 0.25) is 0 Å². The second-order valence-corrected chi connectivity index (χ2v) is 4.66. The number of benzene rings is 1. The van der Waals surface area contributed by atoms with E-state index in [1.54, 1.807) is 0 Å². The third-order valence-corrected chi connectivity index (χ3v) is 3.13. The molecule has 1 aromatic carbocycles. The molecule has 20 heavy (non-hydrogen) atoms. The third-order valence-electron chi connectivity index (χ3n) is 3.13. The molecular formula is C16H25NO3. The quantitative estimate of drug-likeness (QED) is 0.706. The highest BCUT2D eigenvalue weighted by Crippen LogP contribution is 2.13. The molecule has 112 valence electrons. The van der Waals surface area contributed by atoms with Crippen LogP contribution in [0.5, 0.6) is 5.75 Å². The van der Waals surface area contributed by atoms with Gasteiger partial charge in [-0.3, -0.25) is 4.79 Å². The average molecular weight is 279 g/mol. The van der Waals surface area contributed by atoms with E-state index >= 15 is 0 Å². The molecule has 0 radical (unpaired) electrons.